The summed E-state index contributed by atoms with van der Waals surface area (Å²) >= 11 is 6.17. The van der Waals surface area contributed by atoms with E-state index in [0.717, 1.165) is 10.5 Å². The molecular formula is C25H21ClN2O4. The largest absolute Gasteiger partial charge is 0.497 e. The van der Waals surface area contributed by atoms with Crippen LogP contribution in [0.1, 0.15) is 11.1 Å². The number of hydrogen-bond acceptors (Lipinski definition) is 5. The van der Waals surface area contributed by atoms with E-state index < -0.39 is 11.8 Å². The molecule has 0 aromatic heterocycles. The van der Waals surface area contributed by atoms with Gasteiger partial charge in [0.1, 0.15) is 17.2 Å². The quantitative estimate of drug-likeness (QED) is 0.534. The summed E-state index contributed by atoms with van der Waals surface area (Å²) < 4.78 is 10.4. The Morgan fingerprint density at radius 1 is 0.812 bits per heavy atom. The highest BCUT2D eigenvalue weighted by molar-refractivity contribution is 6.46. The molecule has 0 saturated heterocycles. The van der Waals surface area contributed by atoms with E-state index >= 15 is 0 Å². The molecule has 1 aliphatic rings. The normalized spacial score (nSPS) is 13.6. The second kappa shape index (κ2) is 8.77. The van der Waals surface area contributed by atoms with E-state index in [1.807, 2.05) is 6.92 Å². The maximum absolute atomic E-state index is 13.5. The number of nitrogens with one attached hydrogen (secondary N) is 1. The molecule has 162 valence electrons. The van der Waals surface area contributed by atoms with Gasteiger partial charge in [-0.05, 0) is 66.6 Å². The van der Waals surface area contributed by atoms with E-state index in [1.54, 1.807) is 80.9 Å². The fraction of sp³-hybridized carbons (Fsp3) is 0.120. The number of nitrogens with zero attached hydrogens (tertiary/aromatic N) is 1. The predicted octanol–water partition coefficient (Wildman–Crippen LogP) is 5.06. The van der Waals surface area contributed by atoms with Crippen LogP contribution in [0.2, 0.25) is 5.02 Å². The molecule has 0 atom stereocenters. The molecule has 2 amide bonds. The van der Waals surface area contributed by atoms with Crippen molar-refractivity contribution < 1.29 is 19.1 Å². The Morgan fingerprint density at radius 2 is 1.41 bits per heavy atom. The van der Waals surface area contributed by atoms with Gasteiger partial charge in [-0.1, -0.05) is 29.8 Å². The van der Waals surface area contributed by atoms with Gasteiger partial charge in [0.15, 0.2) is 0 Å². The Balaban J connectivity index is 1.81. The average molecular weight is 449 g/mol. The second-order valence-electron chi connectivity index (χ2n) is 7.21. The summed E-state index contributed by atoms with van der Waals surface area (Å²) in [5.74, 6) is 0.451. The van der Waals surface area contributed by atoms with Gasteiger partial charge in [0.05, 0.1) is 25.5 Å². The molecular weight excluding hydrogens is 428 g/mol. The minimum atomic E-state index is -0.456. The van der Waals surface area contributed by atoms with Gasteiger partial charge in [-0.3, -0.25) is 9.59 Å². The molecule has 0 spiro atoms. The van der Waals surface area contributed by atoms with Gasteiger partial charge >= 0.3 is 0 Å². The maximum Gasteiger partial charge on any atom is 0.282 e. The van der Waals surface area contributed by atoms with Crippen LogP contribution in [0.4, 0.5) is 11.4 Å². The third-order valence-corrected chi connectivity index (χ3v) is 5.47. The van der Waals surface area contributed by atoms with E-state index in [2.05, 4.69) is 5.32 Å². The number of benzene rings is 3. The Morgan fingerprint density at radius 3 is 2.00 bits per heavy atom. The van der Waals surface area contributed by atoms with Gasteiger partial charge < -0.3 is 14.8 Å². The third-order valence-electron chi connectivity index (χ3n) is 5.23. The van der Waals surface area contributed by atoms with Crippen LogP contribution < -0.4 is 19.7 Å². The highest BCUT2D eigenvalue weighted by Crippen LogP contribution is 2.36. The fourth-order valence-corrected chi connectivity index (χ4v) is 3.70. The van der Waals surface area contributed by atoms with Crippen LogP contribution in [0.5, 0.6) is 11.5 Å². The minimum Gasteiger partial charge on any atom is -0.497 e. The molecule has 3 aromatic rings. The molecule has 3 aromatic carbocycles. The van der Waals surface area contributed by atoms with Crippen LogP contribution >= 0.6 is 11.6 Å². The van der Waals surface area contributed by atoms with Gasteiger partial charge in [0.25, 0.3) is 11.8 Å². The number of anilines is 2. The molecule has 0 bridgehead atoms. The number of carbonyl (C=O) groups is 2. The molecule has 0 aliphatic carbocycles. The zero-order chi connectivity index (χ0) is 22.8. The lowest BCUT2D eigenvalue weighted by atomic mass is 10.0. The summed E-state index contributed by atoms with van der Waals surface area (Å²) in [5, 5.41) is 3.57. The van der Waals surface area contributed by atoms with Crippen LogP contribution in [-0.2, 0) is 9.59 Å². The topological polar surface area (TPSA) is 67.9 Å². The number of halogens is 1. The highest BCUT2D eigenvalue weighted by atomic mass is 35.5. The van der Waals surface area contributed by atoms with Gasteiger partial charge in [-0.25, -0.2) is 4.90 Å². The molecule has 0 radical (unpaired) electrons. The second-order valence-corrected chi connectivity index (χ2v) is 7.64. The number of carbonyl (C=O) groups excluding carboxylic acids is 2. The molecule has 1 N–H and O–H groups in total. The average Bonchev–Trinajstić information content (AvgIpc) is 3.05. The number of rotatable bonds is 6. The van der Waals surface area contributed by atoms with Crippen molar-refractivity contribution in [1.82, 2.24) is 0 Å². The fourth-order valence-electron chi connectivity index (χ4n) is 3.53. The maximum atomic E-state index is 13.5. The third kappa shape index (κ3) is 3.92. The van der Waals surface area contributed by atoms with E-state index in [0.29, 0.717) is 33.5 Å². The van der Waals surface area contributed by atoms with Gasteiger partial charge in [-0.15, -0.1) is 0 Å². The van der Waals surface area contributed by atoms with Crippen molar-refractivity contribution in [2.24, 2.45) is 0 Å². The first-order valence-corrected chi connectivity index (χ1v) is 10.3. The number of aryl methyl sites for hydroxylation is 1. The van der Waals surface area contributed by atoms with Crippen LogP contribution in [0.25, 0.3) is 5.57 Å². The molecule has 0 fully saturated rings. The van der Waals surface area contributed by atoms with Crippen LogP contribution in [-0.4, -0.2) is 26.0 Å². The Labute approximate surface area is 191 Å². The molecule has 4 rings (SSSR count). The van der Waals surface area contributed by atoms with Crippen molar-refractivity contribution in [3.05, 3.63) is 88.6 Å². The Bertz CT molecular complexity index is 1220. The van der Waals surface area contributed by atoms with E-state index in [4.69, 9.17) is 21.1 Å². The summed E-state index contributed by atoms with van der Waals surface area (Å²) in [6.07, 6.45) is 0. The number of methoxy groups -OCH3 is 2. The summed E-state index contributed by atoms with van der Waals surface area (Å²) in [4.78, 5) is 28.2. The van der Waals surface area contributed by atoms with Crippen LogP contribution in [0.3, 0.4) is 0 Å². The lowest BCUT2D eigenvalue weighted by Crippen LogP contribution is -2.33. The van der Waals surface area contributed by atoms with E-state index in [1.165, 1.54) is 0 Å². The molecule has 0 unspecified atom stereocenters. The lowest BCUT2D eigenvalue weighted by molar-refractivity contribution is -0.120. The number of hydrogen-bond donors (Lipinski definition) is 1. The zero-order valence-corrected chi connectivity index (χ0v) is 18.6. The first-order valence-electron chi connectivity index (χ1n) is 9.87. The van der Waals surface area contributed by atoms with Gasteiger partial charge in [0.2, 0.25) is 0 Å². The monoisotopic (exact) mass is 448 g/mol. The molecule has 32 heavy (non-hydrogen) atoms. The Kier molecular flexibility index (Phi) is 5.88. The van der Waals surface area contributed by atoms with Crippen molar-refractivity contribution >= 4 is 40.4 Å². The van der Waals surface area contributed by atoms with Crippen molar-refractivity contribution in [3.8, 4) is 11.5 Å². The molecule has 1 heterocycles. The van der Waals surface area contributed by atoms with Crippen molar-refractivity contribution in [1.29, 1.82) is 0 Å². The van der Waals surface area contributed by atoms with Crippen molar-refractivity contribution in [2.75, 3.05) is 24.4 Å². The number of imide groups is 1. The first kappa shape index (κ1) is 21.5. The van der Waals surface area contributed by atoms with Gasteiger partial charge in [0, 0.05) is 10.7 Å². The van der Waals surface area contributed by atoms with Crippen LogP contribution in [0, 0.1) is 6.92 Å². The van der Waals surface area contributed by atoms with E-state index in [9.17, 15) is 9.59 Å². The summed E-state index contributed by atoms with van der Waals surface area (Å²) in [7, 11) is 3.15. The minimum absolute atomic E-state index is 0.185. The molecule has 7 heteroatoms. The predicted molar refractivity (Wildman–Crippen MR) is 125 cm³/mol. The van der Waals surface area contributed by atoms with Crippen molar-refractivity contribution in [2.45, 2.75) is 6.92 Å². The SMILES string of the molecule is COc1ccc(NC2=C(c3ccc(OC)cc3)C(=O)N(c3cc(Cl)ccc3C)C2=O)cc1. The summed E-state index contributed by atoms with van der Waals surface area (Å²) in [6.45, 7) is 1.83. The molecule has 6 nitrogen and oxygen atoms in total. The smallest absolute Gasteiger partial charge is 0.282 e. The Hall–Kier alpha value is -3.77. The van der Waals surface area contributed by atoms with Gasteiger partial charge in [-0.2, -0.15) is 0 Å². The summed E-state index contributed by atoms with van der Waals surface area (Å²) in [6, 6.07) is 19.2. The highest BCUT2D eigenvalue weighted by Gasteiger charge is 2.41. The zero-order valence-electron chi connectivity index (χ0n) is 17.8. The van der Waals surface area contributed by atoms with Crippen LogP contribution in [0.15, 0.2) is 72.4 Å². The number of amides is 2. The summed E-state index contributed by atoms with van der Waals surface area (Å²) in [5.41, 5.74) is 2.92. The van der Waals surface area contributed by atoms with Crippen molar-refractivity contribution in [3.63, 3.8) is 0 Å². The van der Waals surface area contributed by atoms with E-state index in [-0.39, 0.29) is 11.3 Å². The lowest BCUT2D eigenvalue weighted by Gasteiger charge is -2.18. The molecule has 1 aliphatic heterocycles. The standard InChI is InChI=1S/C25H21ClN2O4/c1-15-4-7-17(26)14-21(15)28-24(29)22(16-5-10-19(31-2)11-6-16)23(25(28)30)27-18-8-12-20(32-3)13-9-18/h4-14,27H,1-3H3. The number of ether oxygens (including phenoxy) is 2. The molecule has 0 saturated carbocycles. The first-order chi connectivity index (χ1) is 15.4.